The Morgan fingerprint density at radius 1 is 1.50 bits per heavy atom. The van der Waals surface area contributed by atoms with Gasteiger partial charge in [0.1, 0.15) is 0 Å². The molecule has 1 saturated carbocycles. The summed E-state index contributed by atoms with van der Waals surface area (Å²) in [6.07, 6.45) is 5.00. The molecule has 2 rings (SSSR count). The number of aliphatic hydroxyl groups is 1. The second kappa shape index (κ2) is 4.36. The summed E-state index contributed by atoms with van der Waals surface area (Å²) >= 11 is 0. The Morgan fingerprint density at radius 3 is 2.88 bits per heavy atom. The molecule has 2 aliphatic rings. The Labute approximate surface area is 97.8 Å². The molecule has 0 spiro atoms. The van der Waals surface area contributed by atoms with Gasteiger partial charge in [0.05, 0.1) is 6.61 Å². The molecule has 0 unspecified atom stereocenters. The highest BCUT2D eigenvalue weighted by Gasteiger charge is 2.51. The zero-order chi connectivity index (χ0) is 11.8. The van der Waals surface area contributed by atoms with Crippen molar-refractivity contribution in [3.8, 4) is 0 Å². The topological polar surface area (TPSA) is 40.5 Å². The van der Waals surface area contributed by atoms with E-state index in [1.807, 2.05) is 4.90 Å². The highest BCUT2D eigenvalue weighted by atomic mass is 16.3. The Kier molecular flexibility index (Phi) is 3.24. The Morgan fingerprint density at radius 2 is 2.25 bits per heavy atom. The van der Waals surface area contributed by atoms with E-state index in [1.165, 1.54) is 0 Å². The molecule has 0 aromatic heterocycles. The van der Waals surface area contributed by atoms with Crippen LogP contribution in [0.15, 0.2) is 0 Å². The molecule has 1 heterocycles. The predicted molar refractivity (Wildman–Crippen MR) is 62.9 cm³/mol. The fraction of sp³-hybridized carbons (Fsp3) is 0.923. The lowest BCUT2D eigenvalue weighted by Gasteiger charge is -2.31. The van der Waals surface area contributed by atoms with E-state index in [2.05, 4.69) is 13.8 Å². The molecule has 0 bridgehead atoms. The highest BCUT2D eigenvalue weighted by molar-refractivity contribution is 5.77. The van der Waals surface area contributed by atoms with E-state index in [9.17, 15) is 9.90 Å². The normalized spacial score (nSPS) is 33.5. The van der Waals surface area contributed by atoms with Crippen LogP contribution in [0.1, 0.15) is 46.0 Å². The van der Waals surface area contributed by atoms with Gasteiger partial charge in [-0.05, 0) is 25.2 Å². The lowest BCUT2D eigenvalue weighted by molar-refractivity contribution is -0.133. The molecule has 1 aliphatic heterocycles. The van der Waals surface area contributed by atoms with Crippen LogP contribution < -0.4 is 0 Å². The van der Waals surface area contributed by atoms with Crippen molar-refractivity contribution in [2.75, 3.05) is 13.2 Å². The van der Waals surface area contributed by atoms with Crippen molar-refractivity contribution >= 4 is 5.91 Å². The molecule has 0 aromatic carbocycles. The average molecular weight is 225 g/mol. The van der Waals surface area contributed by atoms with Gasteiger partial charge in [-0.25, -0.2) is 0 Å². The maximum atomic E-state index is 12.1. The molecule has 1 saturated heterocycles. The zero-order valence-electron chi connectivity index (χ0n) is 10.4. The summed E-state index contributed by atoms with van der Waals surface area (Å²) in [4.78, 5) is 14.1. The lowest BCUT2D eigenvalue weighted by Crippen LogP contribution is -2.41. The first-order valence-corrected chi connectivity index (χ1v) is 6.49. The molecule has 3 heteroatoms. The minimum Gasteiger partial charge on any atom is -0.396 e. The first-order valence-electron chi connectivity index (χ1n) is 6.49. The molecule has 1 aliphatic carbocycles. The second-order valence-electron chi connectivity index (χ2n) is 5.86. The Bertz CT molecular complexity index is 277. The molecular weight excluding hydrogens is 202 g/mol. The SMILES string of the molecule is CC(C)CC(=O)N1CC[C@@]2(CO)CCC[C@@H]12. The van der Waals surface area contributed by atoms with Crippen molar-refractivity contribution < 1.29 is 9.90 Å². The van der Waals surface area contributed by atoms with E-state index in [-0.39, 0.29) is 17.9 Å². The number of aliphatic hydroxyl groups excluding tert-OH is 1. The fourth-order valence-electron chi connectivity index (χ4n) is 3.43. The second-order valence-corrected chi connectivity index (χ2v) is 5.86. The number of amides is 1. The van der Waals surface area contributed by atoms with E-state index in [1.54, 1.807) is 0 Å². The van der Waals surface area contributed by atoms with Gasteiger partial charge in [-0.2, -0.15) is 0 Å². The third-order valence-electron chi connectivity index (χ3n) is 4.30. The minimum atomic E-state index is 0.0483. The summed E-state index contributed by atoms with van der Waals surface area (Å²) in [7, 11) is 0. The summed E-state index contributed by atoms with van der Waals surface area (Å²) in [6, 6.07) is 0.323. The monoisotopic (exact) mass is 225 g/mol. The van der Waals surface area contributed by atoms with Crippen LogP contribution in [0.25, 0.3) is 0 Å². The number of fused-ring (bicyclic) bond motifs is 1. The van der Waals surface area contributed by atoms with Gasteiger partial charge in [-0.1, -0.05) is 20.3 Å². The molecule has 1 N–H and O–H groups in total. The zero-order valence-corrected chi connectivity index (χ0v) is 10.4. The predicted octanol–water partition coefficient (Wildman–Crippen LogP) is 1.80. The Hall–Kier alpha value is -0.570. The third kappa shape index (κ3) is 1.86. The average Bonchev–Trinajstić information content (AvgIpc) is 2.73. The number of carbonyl (C=O) groups is 1. The molecule has 0 aromatic rings. The first kappa shape index (κ1) is 11.9. The van der Waals surface area contributed by atoms with E-state index in [0.29, 0.717) is 18.4 Å². The van der Waals surface area contributed by atoms with Gasteiger partial charge in [-0.15, -0.1) is 0 Å². The van der Waals surface area contributed by atoms with Crippen molar-refractivity contribution in [2.24, 2.45) is 11.3 Å². The maximum Gasteiger partial charge on any atom is 0.223 e. The number of likely N-dealkylation sites (tertiary alicyclic amines) is 1. The number of rotatable bonds is 3. The standard InChI is InChI=1S/C13H23NO2/c1-10(2)8-12(16)14-7-6-13(9-15)5-3-4-11(13)14/h10-11,15H,3-9H2,1-2H3/t11-,13-/m1/s1. The summed E-state index contributed by atoms with van der Waals surface area (Å²) < 4.78 is 0. The van der Waals surface area contributed by atoms with Gasteiger partial charge in [0, 0.05) is 24.4 Å². The molecule has 3 nitrogen and oxygen atoms in total. The minimum absolute atomic E-state index is 0.0483. The van der Waals surface area contributed by atoms with Crippen molar-refractivity contribution in [1.29, 1.82) is 0 Å². The molecular formula is C13H23NO2. The first-order chi connectivity index (χ1) is 7.59. The lowest BCUT2D eigenvalue weighted by atomic mass is 9.83. The molecule has 2 atom stereocenters. The molecule has 0 radical (unpaired) electrons. The summed E-state index contributed by atoms with van der Waals surface area (Å²) in [5, 5.41) is 9.57. The quantitative estimate of drug-likeness (QED) is 0.795. The van der Waals surface area contributed by atoms with E-state index in [4.69, 9.17) is 0 Å². The van der Waals surface area contributed by atoms with Gasteiger partial charge < -0.3 is 10.0 Å². The van der Waals surface area contributed by atoms with Crippen LogP contribution in [0.3, 0.4) is 0 Å². The van der Waals surface area contributed by atoms with Crippen molar-refractivity contribution in [3.05, 3.63) is 0 Å². The van der Waals surface area contributed by atoms with Crippen LogP contribution in [0.4, 0.5) is 0 Å². The summed E-state index contributed by atoms with van der Waals surface area (Å²) in [5.74, 6) is 0.718. The van der Waals surface area contributed by atoms with Crippen molar-refractivity contribution in [1.82, 2.24) is 4.90 Å². The Balaban J connectivity index is 2.06. The smallest absolute Gasteiger partial charge is 0.223 e. The molecule has 16 heavy (non-hydrogen) atoms. The van der Waals surface area contributed by atoms with Gasteiger partial charge in [0.15, 0.2) is 0 Å². The largest absolute Gasteiger partial charge is 0.396 e. The van der Waals surface area contributed by atoms with E-state index < -0.39 is 0 Å². The highest BCUT2D eigenvalue weighted by Crippen LogP contribution is 2.48. The van der Waals surface area contributed by atoms with E-state index >= 15 is 0 Å². The van der Waals surface area contributed by atoms with E-state index in [0.717, 1.165) is 32.2 Å². The molecule has 1 amide bonds. The molecule has 92 valence electrons. The maximum absolute atomic E-state index is 12.1. The van der Waals surface area contributed by atoms with Gasteiger partial charge >= 0.3 is 0 Å². The summed E-state index contributed by atoms with van der Waals surface area (Å²) in [5.41, 5.74) is 0.0483. The van der Waals surface area contributed by atoms with Crippen LogP contribution in [-0.2, 0) is 4.79 Å². The summed E-state index contributed by atoms with van der Waals surface area (Å²) in [6.45, 7) is 5.28. The van der Waals surface area contributed by atoms with Crippen molar-refractivity contribution in [3.63, 3.8) is 0 Å². The van der Waals surface area contributed by atoms with Crippen molar-refractivity contribution in [2.45, 2.75) is 52.0 Å². The van der Waals surface area contributed by atoms with Crippen LogP contribution in [0, 0.1) is 11.3 Å². The fourth-order valence-corrected chi connectivity index (χ4v) is 3.43. The van der Waals surface area contributed by atoms with Crippen LogP contribution in [-0.4, -0.2) is 35.1 Å². The van der Waals surface area contributed by atoms with Gasteiger partial charge in [0.2, 0.25) is 5.91 Å². The third-order valence-corrected chi connectivity index (χ3v) is 4.30. The van der Waals surface area contributed by atoms with Crippen LogP contribution >= 0.6 is 0 Å². The van der Waals surface area contributed by atoms with Crippen LogP contribution in [0.2, 0.25) is 0 Å². The van der Waals surface area contributed by atoms with Crippen LogP contribution in [0.5, 0.6) is 0 Å². The number of hydrogen-bond acceptors (Lipinski definition) is 2. The van der Waals surface area contributed by atoms with Gasteiger partial charge in [0.25, 0.3) is 0 Å². The number of nitrogens with zero attached hydrogens (tertiary/aromatic N) is 1. The number of carbonyl (C=O) groups excluding carboxylic acids is 1. The van der Waals surface area contributed by atoms with Gasteiger partial charge in [-0.3, -0.25) is 4.79 Å². The molecule has 2 fully saturated rings. The number of hydrogen-bond donors (Lipinski definition) is 1.